The van der Waals surface area contributed by atoms with Gasteiger partial charge in [0.05, 0.1) is 0 Å². The molecule has 5 aliphatic carbocycles. The number of rotatable bonds is 2. The van der Waals surface area contributed by atoms with Gasteiger partial charge in [0, 0.05) is 0 Å². The molecule has 0 bridgehead atoms. The van der Waals surface area contributed by atoms with Crippen molar-refractivity contribution in [1.29, 1.82) is 0 Å². The average Bonchev–Trinajstić information content (AvgIpc) is 3.61. The van der Waals surface area contributed by atoms with Gasteiger partial charge in [0.15, 0.2) is 0 Å². The van der Waals surface area contributed by atoms with Crippen LogP contribution in [-0.2, 0) is 32.1 Å². The molecule has 0 N–H and O–H groups in total. The van der Waals surface area contributed by atoms with Gasteiger partial charge in [-0.05, 0) is 0 Å². The van der Waals surface area contributed by atoms with Gasteiger partial charge in [-0.3, -0.25) is 0 Å². The topological polar surface area (TPSA) is 0 Å². The van der Waals surface area contributed by atoms with Crippen LogP contribution >= 0.6 is 0 Å². The summed E-state index contributed by atoms with van der Waals surface area (Å²) in [6, 6.07) is 10.8. The largest absolute Gasteiger partial charge is 1.00 e. The standard InChI is InChI=1S/C31H37.C7H9.C6H10.2ClH.Zr/c1-28(2,3)26-16-30(7,8)24-12-18-11-19-13-25-23(15-21(19)20(18)14-22(24)26)27(29(4,5)6)17-31(25,9)10;1-6-3-4-7(2)5-6;1-2-4-6-5-3-1;;;/h11-17H,1-10H3;3,5,7H,1-2H3;1-5H2;2*1H;/q;;;;;+2/p-2. The molecule has 0 saturated heterocycles. The van der Waals surface area contributed by atoms with E-state index in [1.165, 1.54) is 60.0 Å². The maximum atomic E-state index is 2.74. The van der Waals surface area contributed by atoms with E-state index in [9.17, 15) is 0 Å². The summed E-state index contributed by atoms with van der Waals surface area (Å²) in [4.78, 5) is 0. The Hall–Kier alpha value is -1.27. The Balaban J connectivity index is 0.00000217. The second-order valence-electron chi connectivity index (χ2n) is 18.3. The van der Waals surface area contributed by atoms with Crippen molar-refractivity contribution in [3.8, 4) is 11.1 Å². The van der Waals surface area contributed by atoms with Crippen molar-refractivity contribution in [2.24, 2.45) is 16.7 Å². The average molecular weight is 747 g/mol. The van der Waals surface area contributed by atoms with Crippen LogP contribution in [0.3, 0.4) is 0 Å². The minimum absolute atomic E-state index is 0. The molecule has 0 nitrogen and oxygen atoms in total. The van der Waals surface area contributed by atoms with Gasteiger partial charge in [0.1, 0.15) is 0 Å². The van der Waals surface area contributed by atoms with E-state index in [1.54, 1.807) is 33.4 Å². The van der Waals surface area contributed by atoms with Gasteiger partial charge in [-0.25, -0.2) is 0 Å². The molecular formula is C44H56Cl2Zr. The molecule has 0 heterocycles. The van der Waals surface area contributed by atoms with Crippen molar-refractivity contribution in [3.05, 3.63) is 90.8 Å². The first kappa shape index (κ1) is 37.0. The molecule has 3 heteroatoms. The van der Waals surface area contributed by atoms with Gasteiger partial charge >= 0.3 is 284 Å². The van der Waals surface area contributed by atoms with E-state index in [0.717, 1.165) is 0 Å². The van der Waals surface area contributed by atoms with Gasteiger partial charge in [0.25, 0.3) is 0 Å². The van der Waals surface area contributed by atoms with E-state index < -0.39 is 21.3 Å². The minimum atomic E-state index is -2.37. The SMILES string of the molecule is CC1=CC(C)[C]([Zr+2](=[C]2CCCCC2)[CH]2c3cc4c(cc3-c3cc5c(cc32)C(C)(C)C=C5C(C)(C)C)C(C(C)(C)C)=CC4(C)C)=C1.[Cl-].[Cl-]. The fraction of sp³-hybridized carbons (Fsp3) is 0.523. The third-order valence-electron chi connectivity index (χ3n) is 11.7. The maximum Gasteiger partial charge on any atom is -1.00 e. The predicted molar refractivity (Wildman–Crippen MR) is 194 cm³/mol. The molecule has 1 unspecified atom stereocenters. The zero-order chi connectivity index (χ0) is 32.4. The minimum Gasteiger partial charge on any atom is -1.00 e. The Kier molecular flexibility index (Phi) is 9.61. The van der Waals surface area contributed by atoms with Crippen LogP contribution in [0, 0.1) is 16.7 Å². The molecule has 1 saturated carbocycles. The van der Waals surface area contributed by atoms with Crippen molar-refractivity contribution < 1.29 is 46.1 Å². The van der Waals surface area contributed by atoms with Crippen molar-refractivity contribution in [2.75, 3.05) is 0 Å². The predicted octanol–water partition coefficient (Wildman–Crippen LogP) is 6.44. The third-order valence-corrected chi connectivity index (χ3v) is 20.8. The van der Waals surface area contributed by atoms with Crippen LogP contribution in [0.5, 0.6) is 0 Å². The quantitative estimate of drug-likeness (QED) is 0.332. The van der Waals surface area contributed by atoms with Crippen LogP contribution in [0.4, 0.5) is 0 Å². The van der Waals surface area contributed by atoms with E-state index in [1.807, 2.05) is 6.49 Å². The number of allylic oxidation sites excluding steroid dienone is 8. The molecule has 1 fully saturated rings. The number of hydrogen-bond acceptors (Lipinski definition) is 0. The maximum absolute atomic E-state index is 2.74. The Labute approximate surface area is 306 Å². The molecule has 0 aromatic heterocycles. The fourth-order valence-electron chi connectivity index (χ4n) is 9.50. The van der Waals surface area contributed by atoms with Gasteiger partial charge < -0.3 is 24.8 Å². The molecule has 250 valence electrons. The van der Waals surface area contributed by atoms with Crippen molar-refractivity contribution in [1.82, 2.24) is 0 Å². The van der Waals surface area contributed by atoms with E-state index in [4.69, 9.17) is 0 Å². The first-order valence-corrected chi connectivity index (χ1v) is 21.7. The van der Waals surface area contributed by atoms with Crippen molar-refractivity contribution >= 4 is 14.4 Å². The Morgan fingerprint density at radius 1 is 0.660 bits per heavy atom. The summed E-state index contributed by atoms with van der Waals surface area (Å²) in [7, 11) is 0. The van der Waals surface area contributed by atoms with Crippen LogP contribution in [-0.4, -0.2) is 3.21 Å². The zero-order valence-electron chi connectivity index (χ0n) is 31.1. The Morgan fingerprint density at radius 2 is 1.11 bits per heavy atom. The summed E-state index contributed by atoms with van der Waals surface area (Å²) in [5.41, 5.74) is 17.5. The molecule has 0 amide bonds. The van der Waals surface area contributed by atoms with E-state index in [2.05, 4.69) is 132 Å². The molecule has 1 atom stereocenters. The van der Waals surface area contributed by atoms with Crippen LogP contribution < -0.4 is 24.8 Å². The molecular weight excluding hydrogens is 691 g/mol. The number of hydrogen-bond donors (Lipinski definition) is 0. The normalized spacial score (nSPS) is 22.0. The number of halogens is 2. The molecule has 0 radical (unpaired) electrons. The molecule has 2 aromatic rings. The molecule has 0 aliphatic heterocycles. The van der Waals surface area contributed by atoms with Crippen LogP contribution in [0.15, 0.2) is 57.4 Å². The molecule has 2 aromatic carbocycles. The van der Waals surface area contributed by atoms with Crippen molar-refractivity contribution in [2.45, 2.75) is 130 Å². The van der Waals surface area contributed by atoms with Gasteiger partial charge in [0.2, 0.25) is 0 Å². The Bertz CT molecular complexity index is 1700. The summed E-state index contributed by atoms with van der Waals surface area (Å²) in [6.07, 6.45) is 17.4. The summed E-state index contributed by atoms with van der Waals surface area (Å²) >= 11 is -2.37. The van der Waals surface area contributed by atoms with E-state index in [-0.39, 0.29) is 46.5 Å². The number of fused-ring (bicyclic) bond motifs is 5. The first-order valence-electron chi connectivity index (χ1n) is 17.9. The van der Waals surface area contributed by atoms with E-state index >= 15 is 0 Å². The van der Waals surface area contributed by atoms with Gasteiger partial charge in [-0.15, -0.1) is 0 Å². The third kappa shape index (κ3) is 5.99. The summed E-state index contributed by atoms with van der Waals surface area (Å²) in [6.45, 7) is 29.1. The fourth-order valence-corrected chi connectivity index (χ4v) is 19.6. The zero-order valence-corrected chi connectivity index (χ0v) is 35.0. The Morgan fingerprint density at radius 3 is 1.49 bits per heavy atom. The summed E-state index contributed by atoms with van der Waals surface area (Å²) in [5, 5.41) is 0. The molecule has 0 spiro atoms. The number of benzene rings is 2. The van der Waals surface area contributed by atoms with Crippen LogP contribution in [0.2, 0.25) is 0 Å². The van der Waals surface area contributed by atoms with Crippen LogP contribution in [0.1, 0.15) is 152 Å². The van der Waals surface area contributed by atoms with Gasteiger partial charge in [-0.1, -0.05) is 0 Å². The first-order chi connectivity index (χ1) is 20.9. The smallest absolute Gasteiger partial charge is 1.00 e. The second-order valence-corrected chi connectivity index (χ2v) is 24.9. The summed E-state index contributed by atoms with van der Waals surface area (Å²) < 4.78 is 4.44. The molecule has 47 heavy (non-hydrogen) atoms. The van der Waals surface area contributed by atoms with E-state index in [0.29, 0.717) is 9.54 Å². The van der Waals surface area contributed by atoms with Crippen molar-refractivity contribution in [3.63, 3.8) is 0 Å². The monoisotopic (exact) mass is 744 g/mol. The molecule has 5 aliphatic rings. The van der Waals surface area contributed by atoms with Crippen LogP contribution in [0.25, 0.3) is 22.3 Å². The summed E-state index contributed by atoms with van der Waals surface area (Å²) in [5.74, 6) is 0.585. The van der Waals surface area contributed by atoms with Gasteiger partial charge in [-0.2, -0.15) is 0 Å². The second kappa shape index (κ2) is 12.2. The molecule has 7 rings (SSSR count).